The van der Waals surface area contributed by atoms with Crippen LogP contribution in [0, 0.1) is 0 Å². The average molecular weight is 116 g/mol. The van der Waals surface area contributed by atoms with Gasteiger partial charge in [-0.2, -0.15) is 0 Å². The smallest absolute Gasteiger partial charge is 0.157 e. The topological polar surface area (TPSA) is 18.5 Å². The summed E-state index contributed by atoms with van der Waals surface area (Å²) in [6.45, 7) is 4.84. The van der Waals surface area contributed by atoms with Gasteiger partial charge in [-0.1, -0.05) is 6.92 Å². The van der Waals surface area contributed by atoms with Crippen LogP contribution in [-0.2, 0) is 9.47 Å². The van der Waals surface area contributed by atoms with Crippen LogP contribution in [0.15, 0.2) is 0 Å². The Labute approximate surface area is 49.8 Å². The molecule has 2 heteroatoms. The van der Waals surface area contributed by atoms with E-state index in [4.69, 9.17) is 9.47 Å². The summed E-state index contributed by atoms with van der Waals surface area (Å²) in [6, 6.07) is 0. The van der Waals surface area contributed by atoms with Crippen molar-refractivity contribution in [3.05, 3.63) is 0 Å². The molecule has 1 saturated heterocycles. The van der Waals surface area contributed by atoms with Gasteiger partial charge in [-0.3, -0.25) is 0 Å². The maximum Gasteiger partial charge on any atom is 0.157 e. The summed E-state index contributed by atoms with van der Waals surface area (Å²) in [7, 11) is 0. The molecule has 2 nitrogen and oxygen atoms in total. The van der Waals surface area contributed by atoms with Crippen LogP contribution in [0.5, 0.6) is 0 Å². The second-order valence-electron chi connectivity index (χ2n) is 2.12. The van der Waals surface area contributed by atoms with Crippen molar-refractivity contribution in [2.75, 3.05) is 6.61 Å². The van der Waals surface area contributed by atoms with E-state index in [2.05, 4.69) is 6.92 Å². The maximum atomic E-state index is 5.29. The third-order valence-corrected chi connectivity index (χ3v) is 1.23. The van der Waals surface area contributed by atoms with E-state index >= 15 is 0 Å². The van der Waals surface area contributed by atoms with Crippen LogP contribution in [-0.4, -0.2) is 19.0 Å². The first-order valence-corrected chi connectivity index (χ1v) is 3.10. The van der Waals surface area contributed by atoms with E-state index < -0.39 is 0 Å². The Morgan fingerprint density at radius 1 is 1.62 bits per heavy atom. The highest BCUT2D eigenvalue weighted by atomic mass is 16.7. The molecule has 1 aliphatic rings. The Balaban J connectivity index is 2.22. The van der Waals surface area contributed by atoms with E-state index in [1.807, 2.05) is 6.92 Å². The quantitative estimate of drug-likeness (QED) is 0.511. The zero-order chi connectivity index (χ0) is 5.98. The van der Waals surface area contributed by atoms with Crippen LogP contribution in [0.3, 0.4) is 0 Å². The van der Waals surface area contributed by atoms with Crippen LogP contribution < -0.4 is 0 Å². The molecule has 0 amide bonds. The minimum atomic E-state index is 0.0741. The number of rotatable bonds is 1. The lowest BCUT2D eigenvalue weighted by molar-refractivity contribution is -0.0557. The SMILES string of the molecule is CC[C@H]1OCC(C)O1. The molecule has 0 spiro atoms. The van der Waals surface area contributed by atoms with Gasteiger partial charge in [0.1, 0.15) is 0 Å². The molecule has 1 heterocycles. The van der Waals surface area contributed by atoms with Gasteiger partial charge in [-0.25, -0.2) is 0 Å². The molecular weight excluding hydrogens is 104 g/mol. The van der Waals surface area contributed by atoms with E-state index in [-0.39, 0.29) is 6.29 Å². The second kappa shape index (κ2) is 2.46. The Bertz CT molecular complexity index is 72.9. The first kappa shape index (κ1) is 6.05. The summed E-state index contributed by atoms with van der Waals surface area (Å²) >= 11 is 0. The third kappa shape index (κ3) is 1.20. The molecule has 48 valence electrons. The lowest BCUT2D eigenvalue weighted by atomic mass is 10.4. The molecule has 1 aliphatic heterocycles. The van der Waals surface area contributed by atoms with Gasteiger partial charge in [-0.15, -0.1) is 0 Å². The van der Waals surface area contributed by atoms with Gasteiger partial charge in [0.2, 0.25) is 0 Å². The van der Waals surface area contributed by atoms with Gasteiger partial charge in [0.25, 0.3) is 0 Å². The number of hydrogen-bond donors (Lipinski definition) is 0. The Morgan fingerprint density at radius 2 is 2.38 bits per heavy atom. The first-order valence-electron chi connectivity index (χ1n) is 3.10. The second-order valence-corrected chi connectivity index (χ2v) is 2.12. The Kier molecular flexibility index (Phi) is 1.86. The van der Waals surface area contributed by atoms with Crippen molar-refractivity contribution >= 4 is 0 Å². The zero-order valence-electron chi connectivity index (χ0n) is 5.39. The minimum absolute atomic E-state index is 0.0741. The molecule has 0 aromatic heterocycles. The van der Waals surface area contributed by atoms with Crippen molar-refractivity contribution in [1.29, 1.82) is 0 Å². The lowest BCUT2D eigenvalue weighted by Crippen LogP contribution is -2.06. The summed E-state index contributed by atoms with van der Waals surface area (Å²) in [5.41, 5.74) is 0. The number of hydrogen-bond acceptors (Lipinski definition) is 2. The van der Waals surface area contributed by atoms with Crippen LogP contribution in [0.1, 0.15) is 20.3 Å². The predicted octanol–water partition coefficient (Wildman–Crippen LogP) is 1.16. The van der Waals surface area contributed by atoms with Gasteiger partial charge in [-0.05, 0) is 13.3 Å². The fourth-order valence-corrected chi connectivity index (χ4v) is 0.795. The van der Waals surface area contributed by atoms with Crippen molar-refractivity contribution in [3.63, 3.8) is 0 Å². The van der Waals surface area contributed by atoms with Crippen molar-refractivity contribution in [2.24, 2.45) is 0 Å². The lowest BCUT2D eigenvalue weighted by Gasteiger charge is -2.03. The van der Waals surface area contributed by atoms with Gasteiger partial charge in [0.15, 0.2) is 6.29 Å². The largest absolute Gasteiger partial charge is 0.350 e. The van der Waals surface area contributed by atoms with Gasteiger partial charge < -0.3 is 9.47 Å². The summed E-state index contributed by atoms with van der Waals surface area (Å²) in [4.78, 5) is 0. The normalized spacial score (nSPS) is 38.2. The van der Waals surface area contributed by atoms with Crippen molar-refractivity contribution in [2.45, 2.75) is 32.7 Å². The standard InChI is InChI=1S/C6H12O2/c1-3-6-7-4-5(2)8-6/h5-6H,3-4H2,1-2H3/t5?,6-/m0/s1. The molecule has 1 unspecified atom stereocenters. The monoisotopic (exact) mass is 116 g/mol. The van der Waals surface area contributed by atoms with Crippen LogP contribution in [0.25, 0.3) is 0 Å². The maximum absolute atomic E-state index is 5.29. The average Bonchev–Trinajstić information content (AvgIpc) is 2.14. The molecule has 0 radical (unpaired) electrons. The molecule has 0 aromatic carbocycles. The van der Waals surface area contributed by atoms with Crippen molar-refractivity contribution < 1.29 is 9.47 Å². The third-order valence-electron chi connectivity index (χ3n) is 1.23. The van der Waals surface area contributed by atoms with E-state index in [1.54, 1.807) is 0 Å². The fraction of sp³-hybridized carbons (Fsp3) is 1.00. The summed E-state index contributed by atoms with van der Waals surface area (Å²) < 4.78 is 10.5. The molecule has 0 bridgehead atoms. The van der Waals surface area contributed by atoms with Crippen LogP contribution in [0.4, 0.5) is 0 Å². The highest BCUT2D eigenvalue weighted by Crippen LogP contribution is 2.12. The minimum Gasteiger partial charge on any atom is -0.350 e. The molecule has 0 aromatic rings. The van der Waals surface area contributed by atoms with Gasteiger partial charge >= 0.3 is 0 Å². The highest BCUT2D eigenvalue weighted by Gasteiger charge is 2.19. The Morgan fingerprint density at radius 3 is 2.62 bits per heavy atom. The summed E-state index contributed by atoms with van der Waals surface area (Å²) in [6.07, 6.45) is 1.34. The van der Waals surface area contributed by atoms with E-state index in [0.29, 0.717) is 6.10 Å². The summed E-state index contributed by atoms with van der Waals surface area (Å²) in [5, 5.41) is 0. The fourth-order valence-electron chi connectivity index (χ4n) is 0.795. The van der Waals surface area contributed by atoms with E-state index in [9.17, 15) is 0 Å². The Hall–Kier alpha value is -0.0800. The summed E-state index contributed by atoms with van der Waals surface area (Å²) in [5.74, 6) is 0. The molecule has 8 heavy (non-hydrogen) atoms. The molecule has 1 fully saturated rings. The molecular formula is C6H12O2. The van der Waals surface area contributed by atoms with Gasteiger partial charge in [0.05, 0.1) is 12.7 Å². The van der Waals surface area contributed by atoms with Crippen LogP contribution in [0.2, 0.25) is 0 Å². The van der Waals surface area contributed by atoms with E-state index in [0.717, 1.165) is 13.0 Å². The first-order chi connectivity index (χ1) is 3.83. The van der Waals surface area contributed by atoms with E-state index in [1.165, 1.54) is 0 Å². The van der Waals surface area contributed by atoms with Crippen molar-refractivity contribution in [3.8, 4) is 0 Å². The van der Waals surface area contributed by atoms with Crippen molar-refractivity contribution in [1.82, 2.24) is 0 Å². The molecule has 2 atom stereocenters. The number of ether oxygens (including phenoxy) is 2. The zero-order valence-corrected chi connectivity index (χ0v) is 5.39. The van der Waals surface area contributed by atoms with Gasteiger partial charge in [0, 0.05) is 0 Å². The van der Waals surface area contributed by atoms with Crippen LogP contribution >= 0.6 is 0 Å². The molecule has 0 N–H and O–H groups in total. The highest BCUT2D eigenvalue weighted by molar-refractivity contribution is 4.57. The molecule has 0 saturated carbocycles. The molecule has 1 rings (SSSR count). The predicted molar refractivity (Wildman–Crippen MR) is 30.6 cm³/mol. The molecule has 0 aliphatic carbocycles.